The third-order valence-corrected chi connectivity index (χ3v) is 3.90. The van der Waals surface area contributed by atoms with Gasteiger partial charge < -0.3 is 21.2 Å². The molecule has 0 saturated heterocycles. The van der Waals surface area contributed by atoms with Crippen LogP contribution in [0.25, 0.3) is 0 Å². The molecule has 17 heavy (non-hydrogen) atoms. The van der Waals surface area contributed by atoms with E-state index >= 15 is 0 Å². The maximum absolute atomic E-state index is 8.50. The van der Waals surface area contributed by atoms with E-state index in [4.69, 9.17) is 10.9 Å². The Labute approximate surface area is 104 Å². The molecule has 100 valence electrons. The number of hydrogen-bond donors (Lipinski definition) is 3. The van der Waals surface area contributed by atoms with Gasteiger partial charge in [-0.1, -0.05) is 24.9 Å². The average molecular weight is 242 g/mol. The number of nitrogens with zero attached hydrogens (tertiary/aromatic N) is 2. The average Bonchev–Trinajstić information content (AvgIpc) is 2.28. The van der Waals surface area contributed by atoms with E-state index < -0.39 is 0 Å². The van der Waals surface area contributed by atoms with Crippen LogP contribution in [0.4, 0.5) is 0 Å². The zero-order chi connectivity index (χ0) is 12.9. The number of amidine groups is 1. The fourth-order valence-corrected chi connectivity index (χ4v) is 2.82. The smallest absolute Gasteiger partial charge is 0.153 e. The van der Waals surface area contributed by atoms with Crippen molar-refractivity contribution in [3.05, 3.63) is 0 Å². The van der Waals surface area contributed by atoms with Crippen molar-refractivity contribution in [2.75, 3.05) is 27.2 Å². The van der Waals surface area contributed by atoms with Gasteiger partial charge in [0, 0.05) is 12.1 Å². The van der Waals surface area contributed by atoms with Gasteiger partial charge in [-0.25, -0.2) is 0 Å². The van der Waals surface area contributed by atoms with Crippen molar-refractivity contribution in [2.45, 2.75) is 38.1 Å². The van der Waals surface area contributed by atoms with Crippen molar-refractivity contribution >= 4 is 5.84 Å². The van der Waals surface area contributed by atoms with Crippen LogP contribution >= 0.6 is 0 Å². The molecule has 5 nitrogen and oxygen atoms in total. The largest absolute Gasteiger partial charge is 0.409 e. The van der Waals surface area contributed by atoms with Crippen LogP contribution in [0.3, 0.4) is 0 Å². The molecule has 0 bridgehead atoms. The molecule has 2 atom stereocenters. The van der Waals surface area contributed by atoms with Gasteiger partial charge in [0.05, 0.1) is 6.54 Å². The summed E-state index contributed by atoms with van der Waals surface area (Å²) in [4.78, 5) is 2.32. The van der Waals surface area contributed by atoms with E-state index in [0.29, 0.717) is 6.54 Å². The highest BCUT2D eigenvalue weighted by Gasteiger charge is 2.36. The lowest BCUT2D eigenvalue weighted by atomic mass is 9.75. The molecule has 0 aliphatic heterocycles. The van der Waals surface area contributed by atoms with Crippen molar-refractivity contribution in [3.8, 4) is 0 Å². The summed E-state index contributed by atoms with van der Waals surface area (Å²) in [5, 5.41) is 14.8. The van der Waals surface area contributed by atoms with Crippen molar-refractivity contribution in [1.29, 1.82) is 0 Å². The third kappa shape index (κ3) is 3.85. The quantitative estimate of drug-likeness (QED) is 0.289. The Balaban J connectivity index is 2.53. The lowest BCUT2D eigenvalue weighted by molar-refractivity contribution is 0.0765. The second-order valence-electron chi connectivity index (χ2n) is 5.52. The minimum Gasteiger partial charge on any atom is -0.409 e. The summed E-state index contributed by atoms with van der Waals surface area (Å²) in [6, 6.07) is 0. The fourth-order valence-electron chi connectivity index (χ4n) is 2.82. The summed E-state index contributed by atoms with van der Waals surface area (Å²) in [6.45, 7) is 3.65. The zero-order valence-electron chi connectivity index (χ0n) is 11.2. The van der Waals surface area contributed by atoms with E-state index in [-0.39, 0.29) is 11.4 Å². The molecular weight excluding hydrogens is 216 g/mol. The first-order valence-corrected chi connectivity index (χ1v) is 6.35. The van der Waals surface area contributed by atoms with E-state index in [9.17, 15) is 0 Å². The Kier molecular flexibility index (Phi) is 5.21. The first-order chi connectivity index (χ1) is 8.00. The normalized spacial score (nSPS) is 30.8. The molecule has 1 fully saturated rings. The van der Waals surface area contributed by atoms with Crippen molar-refractivity contribution < 1.29 is 5.21 Å². The van der Waals surface area contributed by atoms with Crippen LogP contribution in [0, 0.1) is 5.92 Å². The summed E-state index contributed by atoms with van der Waals surface area (Å²) in [6.07, 6.45) is 5.04. The van der Waals surface area contributed by atoms with E-state index in [0.717, 1.165) is 12.5 Å². The molecule has 1 saturated carbocycles. The molecule has 0 spiro atoms. The maximum Gasteiger partial charge on any atom is 0.153 e. The van der Waals surface area contributed by atoms with Gasteiger partial charge in [0.15, 0.2) is 5.84 Å². The number of oxime groups is 1. The summed E-state index contributed by atoms with van der Waals surface area (Å²) < 4.78 is 0. The van der Waals surface area contributed by atoms with Crippen LogP contribution in [0.15, 0.2) is 5.16 Å². The molecule has 5 heteroatoms. The number of nitrogens with one attached hydrogen (secondary N) is 1. The van der Waals surface area contributed by atoms with E-state index in [2.05, 4.69) is 36.4 Å². The highest BCUT2D eigenvalue weighted by Crippen LogP contribution is 2.35. The highest BCUT2D eigenvalue weighted by atomic mass is 16.4. The minimum absolute atomic E-state index is 0.216. The van der Waals surface area contributed by atoms with Gasteiger partial charge in [0.25, 0.3) is 0 Å². The molecule has 0 amide bonds. The van der Waals surface area contributed by atoms with Crippen LogP contribution in [0.1, 0.15) is 32.6 Å². The molecule has 0 aromatic rings. The van der Waals surface area contributed by atoms with E-state index in [1.807, 2.05) is 0 Å². The lowest BCUT2D eigenvalue weighted by Crippen LogP contribution is -2.55. The fraction of sp³-hybridized carbons (Fsp3) is 0.917. The van der Waals surface area contributed by atoms with Crippen LogP contribution in [-0.2, 0) is 0 Å². The zero-order valence-corrected chi connectivity index (χ0v) is 11.2. The van der Waals surface area contributed by atoms with Crippen molar-refractivity contribution in [3.63, 3.8) is 0 Å². The number of rotatable bonds is 5. The molecule has 0 aromatic heterocycles. The number of hydrogen-bond acceptors (Lipinski definition) is 4. The van der Waals surface area contributed by atoms with Crippen molar-refractivity contribution in [1.82, 2.24) is 10.2 Å². The minimum atomic E-state index is 0.216. The molecule has 1 aliphatic rings. The van der Waals surface area contributed by atoms with Gasteiger partial charge in [-0.2, -0.15) is 0 Å². The van der Waals surface area contributed by atoms with Crippen LogP contribution in [0.5, 0.6) is 0 Å². The standard InChI is InChI=1S/C12H26N4O/c1-10-5-4-6-12(7-10,16(2)3)9-14-8-11(13)15-17/h10,14,17H,4-9H2,1-3H3,(H2,13,15). The third-order valence-electron chi connectivity index (χ3n) is 3.90. The molecule has 1 rings (SSSR count). The van der Waals surface area contributed by atoms with Gasteiger partial charge >= 0.3 is 0 Å². The van der Waals surface area contributed by atoms with Gasteiger partial charge in [-0.3, -0.25) is 0 Å². The van der Waals surface area contributed by atoms with Crippen LogP contribution in [-0.4, -0.2) is 48.7 Å². The Morgan fingerprint density at radius 2 is 2.29 bits per heavy atom. The SMILES string of the molecule is CC1CCCC(CNCC(N)=NO)(N(C)C)C1. The van der Waals surface area contributed by atoms with Crippen molar-refractivity contribution in [2.24, 2.45) is 16.8 Å². The predicted octanol–water partition coefficient (Wildman–Crippen LogP) is 0.833. The molecule has 0 heterocycles. The molecule has 0 radical (unpaired) electrons. The lowest BCUT2D eigenvalue weighted by Gasteiger charge is -2.45. The Hall–Kier alpha value is -0.810. The van der Waals surface area contributed by atoms with Crippen LogP contribution in [0.2, 0.25) is 0 Å². The van der Waals surface area contributed by atoms with E-state index in [1.54, 1.807) is 0 Å². The highest BCUT2D eigenvalue weighted by molar-refractivity contribution is 5.81. The van der Waals surface area contributed by atoms with Gasteiger partial charge in [0.2, 0.25) is 0 Å². The molecule has 2 unspecified atom stereocenters. The van der Waals surface area contributed by atoms with Crippen LogP contribution < -0.4 is 11.1 Å². The number of nitrogens with two attached hydrogens (primary N) is 1. The second-order valence-corrected chi connectivity index (χ2v) is 5.52. The summed E-state index contributed by atoms with van der Waals surface area (Å²) in [5.74, 6) is 1.01. The Bertz CT molecular complexity index is 267. The Morgan fingerprint density at radius 1 is 1.59 bits per heavy atom. The Morgan fingerprint density at radius 3 is 2.82 bits per heavy atom. The molecular formula is C12H26N4O. The number of likely N-dealkylation sites (N-methyl/N-ethyl adjacent to an activating group) is 1. The summed E-state index contributed by atoms with van der Waals surface area (Å²) >= 11 is 0. The maximum atomic E-state index is 8.50. The molecule has 4 N–H and O–H groups in total. The second kappa shape index (κ2) is 6.21. The van der Waals surface area contributed by atoms with Gasteiger partial charge in [-0.15, -0.1) is 0 Å². The first-order valence-electron chi connectivity index (χ1n) is 6.35. The summed E-state index contributed by atoms with van der Waals surface area (Å²) in [5.41, 5.74) is 5.67. The van der Waals surface area contributed by atoms with E-state index in [1.165, 1.54) is 25.7 Å². The topological polar surface area (TPSA) is 73.9 Å². The molecule has 1 aliphatic carbocycles. The van der Waals surface area contributed by atoms with Gasteiger partial charge in [0.1, 0.15) is 0 Å². The van der Waals surface area contributed by atoms with Gasteiger partial charge in [-0.05, 0) is 32.9 Å². The summed E-state index contributed by atoms with van der Waals surface area (Å²) in [7, 11) is 4.28. The predicted molar refractivity (Wildman–Crippen MR) is 70.3 cm³/mol. The monoisotopic (exact) mass is 242 g/mol. The first kappa shape index (κ1) is 14.3. The molecule has 0 aromatic carbocycles.